The first-order valence-electron chi connectivity index (χ1n) is 6.17. The van der Waals surface area contributed by atoms with Crippen LogP contribution in [-0.2, 0) is 14.3 Å². The number of benzene rings is 1. The van der Waals surface area contributed by atoms with Gasteiger partial charge in [-0.3, -0.25) is 9.59 Å². The number of amides is 1. The molecule has 0 aliphatic heterocycles. The van der Waals surface area contributed by atoms with Gasteiger partial charge in [0.25, 0.3) is 5.91 Å². The van der Waals surface area contributed by atoms with Crippen LogP contribution >= 0.6 is 0 Å². The first-order chi connectivity index (χ1) is 8.95. The standard InChI is InChI=1S/C15H19NO3/c1-5-19-9-13(12(4)17)15(18)16-14-7-6-10(2)8-11(14)3/h6-9H,5H2,1-4H3,(H,16,18). The molecular formula is C15H19NO3. The van der Waals surface area contributed by atoms with E-state index in [0.717, 1.165) is 11.1 Å². The van der Waals surface area contributed by atoms with Crippen LogP contribution in [-0.4, -0.2) is 18.3 Å². The largest absolute Gasteiger partial charge is 0.501 e. The van der Waals surface area contributed by atoms with E-state index in [2.05, 4.69) is 5.32 Å². The van der Waals surface area contributed by atoms with Crippen LogP contribution in [0.1, 0.15) is 25.0 Å². The molecular weight excluding hydrogens is 242 g/mol. The van der Waals surface area contributed by atoms with E-state index in [1.165, 1.54) is 13.2 Å². The van der Waals surface area contributed by atoms with Gasteiger partial charge in [-0.2, -0.15) is 0 Å². The maximum Gasteiger partial charge on any atom is 0.262 e. The Labute approximate surface area is 113 Å². The summed E-state index contributed by atoms with van der Waals surface area (Å²) in [4.78, 5) is 23.4. The number of rotatable bonds is 5. The van der Waals surface area contributed by atoms with Crippen molar-refractivity contribution >= 4 is 17.4 Å². The van der Waals surface area contributed by atoms with Crippen LogP contribution in [0, 0.1) is 13.8 Å². The van der Waals surface area contributed by atoms with E-state index < -0.39 is 5.91 Å². The first-order valence-corrected chi connectivity index (χ1v) is 6.17. The van der Waals surface area contributed by atoms with Crippen molar-refractivity contribution in [3.05, 3.63) is 41.2 Å². The summed E-state index contributed by atoms with van der Waals surface area (Å²) in [6.45, 7) is 7.42. The molecule has 0 aromatic heterocycles. The lowest BCUT2D eigenvalue weighted by Crippen LogP contribution is -2.20. The molecule has 1 rings (SSSR count). The van der Waals surface area contributed by atoms with Crippen LogP contribution in [0.15, 0.2) is 30.0 Å². The molecule has 0 aliphatic carbocycles. The van der Waals surface area contributed by atoms with Gasteiger partial charge in [0, 0.05) is 5.69 Å². The monoisotopic (exact) mass is 261 g/mol. The predicted molar refractivity (Wildman–Crippen MR) is 74.9 cm³/mol. The molecule has 0 fully saturated rings. The van der Waals surface area contributed by atoms with Crippen molar-refractivity contribution in [2.45, 2.75) is 27.7 Å². The Hall–Kier alpha value is -2.10. The number of ketones is 1. The molecule has 1 aromatic carbocycles. The predicted octanol–water partition coefficient (Wildman–Crippen LogP) is 2.75. The number of aryl methyl sites for hydroxylation is 2. The number of anilines is 1. The van der Waals surface area contributed by atoms with Gasteiger partial charge in [-0.05, 0) is 39.3 Å². The Morgan fingerprint density at radius 3 is 2.53 bits per heavy atom. The van der Waals surface area contributed by atoms with Gasteiger partial charge < -0.3 is 10.1 Å². The summed E-state index contributed by atoms with van der Waals surface area (Å²) in [6.07, 6.45) is 1.21. The number of carbonyl (C=O) groups excluding carboxylic acids is 2. The lowest BCUT2D eigenvalue weighted by molar-refractivity contribution is -0.119. The van der Waals surface area contributed by atoms with Crippen molar-refractivity contribution in [3.63, 3.8) is 0 Å². The Morgan fingerprint density at radius 2 is 2.00 bits per heavy atom. The topological polar surface area (TPSA) is 55.4 Å². The molecule has 19 heavy (non-hydrogen) atoms. The summed E-state index contributed by atoms with van der Waals surface area (Å²) in [5.41, 5.74) is 2.78. The van der Waals surface area contributed by atoms with E-state index in [4.69, 9.17) is 4.74 Å². The Bertz CT molecular complexity index is 518. The smallest absolute Gasteiger partial charge is 0.262 e. The minimum atomic E-state index is -0.451. The van der Waals surface area contributed by atoms with Gasteiger partial charge in [-0.25, -0.2) is 0 Å². The summed E-state index contributed by atoms with van der Waals surface area (Å²) in [5, 5.41) is 2.72. The zero-order chi connectivity index (χ0) is 14.4. The van der Waals surface area contributed by atoms with E-state index in [1.807, 2.05) is 32.0 Å². The van der Waals surface area contributed by atoms with E-state index in [-0.39, 0.29) is 11.4 Å². The van der Waals surface area contributed by atoms with Crippen molar-refractivity contribution in [3.8, 4) is 0 Å². The number of hydrogen-bond acceptors (Lipinski definition) is 3. The lowest BCUT2D eigenvalue weighted by atomic mass is 10.1. The van der Waals surface area contributed by atoms with Gasteiger partial charge in [0.1, 0.15) is 5.57 Å². The van der Waals surface area contributed by atoms with Crippen LogP contribution in [0.3, 0.4) is 0 Å². The molecule has 0 radical (unpaired) electrons. The number of ether oxygens (including phenoxy) is 1. The maximum absolute atomic E-state index is 12.0. The molecule has 0 bridgehead atoms. The highest BCUT2D eigenvalue weighted by Crippen LogP contribution is 2.17. The molecule has 0 saturated carbocycles. The fourth-order valence-electron chi connectivity index (χ4n) is 1.61. The summed E-state index contributed by atoms with van der Waals surface area (Å²) in [5.74, 6) is -0.774. The normalized spacial score (nSPS) is 11.1. The molecule has 1 aromatic rings. The minimum Gasteiger partial charge on any atom is -0.501 e. The molecule has 0 unspecified atom stereocenters. The van der Waals surface area contributed by atoms with Gasteiger partial charge in [-0.1, -0.05) is 17.7 Å². The average Bonchev–Trinajstić information content (AvgIpc) is 2.33. The molecule has 4 nitrogen and oxygen atoms in total. The van der Waals surface area contributed by atoms with Crippen molar-refractivity contribution in [1.29, 1.82) is 0 Å². The van der Waals surface area contributed by atoms with Crippen LogP contribution in [0.4, 0.5) is 5.69 Å². The third-order valence-corrected chi connectivity index (χ3v) is 2.62. The summed E-state index contributed by atoms with van der Waals surface area (Å²) >= 11 is 0. The molecule has 0 saturated heterocycles. The fraction of sp³-hybridized carbons (Fsp3) is 0.333. The third kappa shape index (κ3) is 4.25. The summed E-state index contributed by atoms with van der Waals surface area (Å²) < 4.78 is 5.02. The number of carbonyl (C=O) groups is 2. The van der Waals surface area contributed by atoms with Crippen molar-refractivity contribution in [2.24, 2.45) is 0 Å². The molecule has 1 N–H and O–H groups in total. The van der Waals surface area contributed by atoms with Gasteiger partial charge in [0.05, 0.1) is 12.9 Å². The number of Topliss-reactive ketones (excluding diaryl/α,β-unsaturated/α-hetero) is 1. The van der Waals surface area contributed by atoms with Gasteiger partial charge in [-0.15, -0.1) is 0 Å². The summed E-state index contributed by atoms with van der Waals surface area (Å²) in [7, 11) is 0. The van der Waals surface area contributed by atoms with E-state index in [9.17, 15) is 9.59 Å². The van der Waals surface area contributed by atoms with E-state index in [1.54, 1.807) is 6.92 Å². The minimum absolute atomic E-state index is 0.0156. The molecule has 0 atom stereocenters. The molecule has 102 valence electrons. The van der Waals surface area contributed by atoms with Crippen LogP contribution < -0.4 is 5.32 Å². The van der Waals surface area contributed by atoms with Crippen LogP contribution in [0.25, 0.3) is 0 Å². The second-order valence-corrected chi connectivity index (χ2v) is 4.32. The average molecular weight is 261 g/mol. The number of nitrogens with one attached hydrogen (secondary N) is 1. The highest BCUT2D eigenvalue weighted by Gasteiger charge is 2.15. The lowest BCUT2D eigenvalue weighted by Gasteiger charge is -2.10. The Morgan fingerprint density at radius 1 is 1.32 bits per heavy atom. The van der Waals surface area contributed by atoms with Crippen LogP contribution in [0.5, 0.6) is 0 Å². The van der Waals surface area contributed by atoms with Crippen molar-refractivity contribution < 1.29 is 14.3 Å². The molecule has 4 heteroatoms. The quantitative estimate of drug-likeness (QED) is 0.384. The van der Waals surface area contributed by atoms with Crippen LogP contribution in [0.2, 0.25) is 0 Å². The molecule has 1 amide bonds. The molecule has 0 aliphatic rings. The van der Waals surface area contributed by atoms with E-state index in [0.29, 0.717) is 12.3 Å². The second-order valence-electron chi connectivity index (χ2n) is 4.32. The zero-order valence-electron chi connectivity index (χ0n) is 11.7. The SMILES string of the molecule is CCOC=C(C(C)=O)C(=O)Nc1ccc(C)cc1C. The summed E-state index contributed by atoms with van der Waals surface area (Å²) in [6, 6.07) is 5.69. The molecule has 0 spiro atoms. The zero-order valence-corrected chi connectivity index (χ0v) is 11.7. The Balaban J connectivity index is 2.90. The fourth-order valence-corrected chi connectivity index (χ4v) is 1.61. The van der Waals surface area contributed by atoms with E-state index >= 15 is 0 Å². The number of hydrogen-bond donors (Lipinski definition) is 1. The maximum atomic E-state index is 12.0. The highest BCUT2D eigenvalue weighted by atomic mass is 16.5. The van der Waals surface area contributed by atoms with Crippen molar-refractivity contribution in [1.82, 2.24) is 0 Å². The Kier molecular flexibility index (Phi) is 5.30. The van der Waals surface area contributed by atoms with Crippen molar-refractivity contribution in [2.75, 3.05) is 11.9 Å². The second kappa shape index (κ2) is 6.73. The van der Waals surface area contributed by atoms with Gasteiger partial charge in [0.2, 0.25) is 0 Å². The third-order valence-electron chi connectivity index (χ3n) is 2.62. The van der Waals surface area contributed by atoms with Gasteiger partial charge >= 0.3 is 0 Å². The highest BCUT2D eigenvalue weighted by molar-refractivity contribution is 6.22. The molecule has 0 heterocycles. The first kappa shape index (κ1) is 15.0. The van der Waals surface area contributed by atoms with Gasteiger partial charge in [0.15, 0.2) is 5.78 Å².